The topological polar surface area (TPSA) is 92.8 Å². The second kappa shape index (κ2) is 7.32. The molecular formula is C15H13F3N2O5. The first kappa shape index (κ1) is 18.4. The van der Waals surface area contributed by atoms with Crippen molar-refractivity contribution < 1.29 is 37.2 Å². The van der Waals surface area contributed by atoms with Crippen molar-refractivity contribution in [2.45, 2.75) is 31.5 Å². The maximum Gasteiger partial charge on any atom is 0.471 e. The Kier molecular flexibility index (Phi) is 5.40. The fourth-order valence-corrected chi connectivity index (χ4v) is 2.09. The van der Waals surface area contributed by atoms with Gasteiger partial charge in [-0.25, -0.2) is 4.79 Å². The summed E-state index contributed by atoms with van der Waals surface area (Å²) in [5, 5.41) is 1.73. The molecule has 1 atom stereocenters. The monoisotopic (exact) mass is 358 g/mol. The Bertz CT molecular complexity index is 674. The van der Waals surface area contributed by atoms with E-state index in [0.29, 0.717) is 5.56 Å². The summed E-state index contributed by atoms with van der Waals surface area (Å²) in [6.45, 7) is 0. The van der Waals surface area contributed by atoms with Crippen LogP contribution in [0.3, 0.4) is 0 Å². The van der Waals surface area contributed by atoms with E-state index in [0.717, 1.165) is 0 Å². The van der Waals surface area contributed by atoms with Gasteiger partial charge < -0.3 is 10.2 Å². The largest absolute Gasteiger partial charge is 0.471 e. The van der Waals surface area contributed by atoms with Crippen molar-refractivity contribution in [1.29, 1.82) is 0 Å². The van der Waals surface area contributed by atoms with Crippen LogP contribution in [0.15, 0.2) is 30.3 Å². The summed E-state index contributed by atoms with van der Waals surface area (Å²) in [6, 6.07) is 6.19. The second-order valence-electron chi connectivity index (χ2n) is 5.21. The highest BCUT2D eigenvalue weighted by molar-refractivity contribution is 6.02. The SMILES string of the molecule is O=C(ON1C(=O)CCC1=O)[C@H](Cc1ccccc1)NC(=O)C(F)(F)F. The molecule has 0 bridgehead atoms. The Morgan fingerprint density at radius 3 is 2.20 bits per heavy atom. The predicted octanol–water partition coefficient (Wildman–Crippen LogP) is 0.883. The van der Waals surface area contributed by atoms with E-state index in [1.54, 1.807) is 18.2 Å². The molecule has 1 saturated heterocycles. The van der Waals surface area contributed by atoms with E-state index in [4.69, 9.17) is 0 Å². The van der Waals surface area contributed by atoms with Crippen molar-refractivity contribution in [2.24, 2.45) is 0 Å². The molecule has 0 radical (unpaired) electrons. The van der Waals surface area contributed by atoms with Crippen LogP contribution in [0, 0.1) is 0 Å². The number of halogens is 3. The van der Waals surface area contributed by atoms with E-state index in [1.807, 2.05) is 0 Å². The predicted molar refractivity (Wildman–Crippen MR) is 75.3 cm³/mol. The van der Waals surface area contributed by atoms with Gasteiger partial charge in [0.15, 0.2) is 0 Å². The van der Waals surface area contributed by atoms with Gasteiger partial charge in [-0.1, -0.05) is 30.3 Å². The summed E-state index contributed by atoms with van der Waals surface area (Å²) in [4.78, 5) is 50.7. The molecule has 1 aliphatic rings. The fourth-order valence-electron chi connectivity index (χ4n) is 2.09. The molecule has 0 spiro atoms. The molecule has 0 aliphatic carbocycles. The molecule has 1 aromatic carbocycles. The third kappa shape index (κ3) is 4.78. The molecule has 1 heterocycles. The number of hydrogen-bond donors (Lipinski definition) is 1. The normalized spacial score (nSPS) is 15.9. The molecule has 10 heteroatoms. The number of hydroxylamine groups is 2. The summed E-state index contributed by atoms with van der Waals surface area (Å²) in [6.07, 6.45) is -5.83. The Balaban J connectivity index is 2.14. The molecule has 134 valence electrons. The summed E-state index contributed by atoms with van der Waals surface area (Å²) < 4.78 is 37.4. The molecule has 1 N–H and O–H groups in total. The van der Waals surface area contributed by atoms with Crippen LogP contribution in [0.5, 0.6) is 0 Å². The van der Waals surface area contributed by atoms with Crippen LogP contribution in [0.1, 0.15) is 18.4 Å². The Hall–Kier alpha value is -2.91. The molecule has 0 unspecified atom stereocenters. The number of carbonyl (C=O) groups is 4. The minimum Gasteiger partial charge on any atom is -0.334 e. The van der Waals surface area contributed by atoms with Crippen LogP contribution in [0.2, 0.25) is 0 Å². The highest BCUT2D eigenvalue weighted by Gasteiger charge is 2.42. The van der Waals surface area contributed by atoms with Gasteiger partial charge in [0.25, 0.3) is 11.8 Å². The Labute approximate surface area is 139 Å². The van der Waals surface area contributed by atoms with Crippen molar-refractivity contribution in [1.82, 2.24) is 10.4 Å². The van der Waals surface area contributed by atoms with Crippen molar-refractivity contribution in [3.05, 3.63) is 35.9 Å². The number of benzene rings is 1. The lowest BCUT2D eigenvalue weighted by Gasteiger charge is -2.20. The highest BCUT2D eigenvalue weighted by Crippen LogP contribution is 2.17. The van der Waals surface area contributed by atoms with Gasteiger partial charge in [0.2, 0.25) is 0 Å². The highest BCUT2D eigenvalue weighted by atomic mass is 19.4. The quantitative estimate of drug-likeness (QED) is 0.789. The first-order chi connectivity index (χ1) is 11.7. The van der Waals surface area contributed by atoms with E-state index in [2.05, 4.69) is 4.84 Å². The summed E-state index contributed by atoms with van der Waals surface area (Å²) in [5.41, 5.74) is 0.450. The van der Waals surface area contributed by atoms with E-state index in [9.17, 15) is 32.3 Å². The first-order valence-electron chi connectivity index (χ1n) is 7.17. The van der Waals surface area contributed by atoms with E-state index in [1.165, 1.54) is 17.4 Å². The van der Waals surface area contributed by atoms with Gasteiger partial charge in [0, 0.05) is 19.3 Å². The summed E-state index contributed by atoms with van der Waals surface area (Å²) in [5.74, 6) is -5.23. The van der Waals surface area contributed by atoms with E-state index >= 15 is 0 Å². The minimum atomic E-state index is -5.20. The maximum absolute atomic E-state index is 12.5. The average Bonchev–Trinajstić information content (AvgIpc) is 2.86. The Morgan fingerprint density at radius 1 is 1.12 bits per heavy atom. The molecule has 7 nitrogen and oxygen atoms in total. The van der Waals surface area contributed by atoms with Crippen LogP contribution in [-0.2, 0) is 30.4 Å². The van der Waals surface area contributed by atoms with E-state index in [-0.39, 0.29) is 24.3 Å². The van der Waals surface area contributed by atoms with Gasteiger partial charge in [-0.05, 0) is 5.56 Å². The van der Waals surface area contributed by atoms with Gasteiger partial charge in [0.1, 0.15) is 6.04 Å². The van der Waals surface area contributed by atoms with Gasteiger partial charge in [0.05, 0.1) is 0 Å². The maximum atomic E-state index is 12.5. The van der Waals surface area contributed by atoms with Gasteiger partial charge in [-0.15, -0.1) is 5.06 Å². The standard InChI is InChI=1S/C15H13F3N2O5/c16-15(17,18)14(24)19-10(8-9-4-2-1-3-5-9)13(23)25-20-11(21)6-7-12(20)22/h1-5,10H,6-8H2,(H,19,24)/t10-/m0/s1. The van der Waals surface area contributed by atoms with Crippen LogP contribution in [0.4, 0.5) is 13.2 Å². The fraction of sp³-hybridized carbons (Fsp3) is 0.333. The lowest BCUT2D eigenvalue weighted by molar-refractivity contribution is -0.200. The molecule has 25 heavy (non-hydrogen) atoms. The zero-order chi connectivity index (χ0) is 18.6. The molecule has 0 saturated carbocycles. The molecule has 1 aliphatic heterocycles. The lowest BCUT2D eigenvalue weighted by atomic mass is 10.1. The third-order valence-corrected chi connectivity index (χ3v) is 3.32. The number of amides is 3. The van der Waals surface area contributed by atoms with Crippen molar-refractivity contribution in [2.75, 3.05) is 0 Å². The summed E-state index contributed by atoms with van der Waals surface area (Å²) >= 11 is 0. The molecule has 0 aromatic heterocycles. The number of alkyl halides is 3. The summed E-state index contributed by atoms with van der Waals surface area (Å²) in [7, 11) is 0. The molecule has 1 aromatic rings. The van der Waals surface area contributed by atoms with Crippen molar-refractivity contribution in [3.8, 4) is 0 Å². The number of rotatable bonds is 5. The molecular weight excluding hydrogens is 345 g/mol. The number of nitrogens with one attached hydrogen (secondary N) is 1. The zero-order valence-electron chi connectivity index (χ0n) is 12.7. The molecule has 1 fully saturated rings. The number of nitrogens with zero attached hydrogens (tertiary/aromatic N) is 1. The van der Waals surface area contributed by atoms with Crippen molar-refractivity contribution in [3.63, 3.8) is 0 Å². The van der Waals surface area contributed by atoms with Crippen LogP contribution >= 0.6 is 0 Å². The third-order valence-electron chi connectivity index (χ3n) is 3.32. The average molecular weight is 358 g/mol. The van der Waals surface area contributed by atoms with Crippen LogP contribution < -0.4 is 5.32 Å². The Morgan fingerprint density at radius 2 is 1.68 bits per heavy atom. The van der Waals surface area contributed by atoms with Gasteiger partial charge in [-0.2, -0.15) is 13.2 Å². The second-order valence-corrected chi connectivity index (χ2v) is 5.21. The zero-order valence-corrected chi connectivity index (χ0v) is 12.7. The molecule has 3 amide bonds. The lowest BCUT2D eigenvalue weighted by Crippen LogP contribution is -2.50. The number of imide groups is 1. The molecule has 2 rings (SSSR count). The van der Waals surface area contributed by atoms with Crippen LogP contribution in [-0.4, -0.2) is 41.0 Å². The number of carbonyl (C=O) groups excluding carboxylic acids is 4. The van der Waals surface area contributed by atoms with Crippen LogP contribution in [0.25, 0.3) is 0 Å². The first-order valence-corrected chi connectivity index (χ1v) is 7.17. The van der Waals surface area contributed by atoms with Crippen molar-refractivity contribution >= 4 is 23.7 Å². The van der Waals surface area contributed by atoms with Gasteiger partial charge >= 0.3 is 18.1 Å². The number of hydrogen-bond acceptors (Lipinski definition) is 5. The minimum absolute atomic E-state index is 0.162. The van der Waals surface area contributed by atoms with E-state index < -0.39 is 35.9 Å². The van der Waals surface area contributed by atoms with Gasteiger partial charge in [-0.3, -0.25) is 14.4 Å². The smallest absolute Gasteiger partial charge is 0.334 e.